The van der Waals surface area contributed by atoms with E-state index in [1.807, 2.05) is 24.3 Å². The average Bonchev–Trinajstić information content (AvgIpc) is 2.48. The van der Waals surface area contributed by atoms with Gasteiger partial charge in [-0.05, 0) is 36.4 Å². The molecule has 0 saturated carbocycles. The van der Waals surface area contributed by atoms with Crippen LogP contribution in [0.5, 0.6) is 11.5 Å². The van der Waals surface area contributed by atoms with Gasteiger partial charge in [0.25, 0.3) is 0 Å². The Balaban J connectivity index is 1.76. The summed E-state index contributed by atoms with van der Waals surface area (Å²) >= 11 is 1.62. The van der Waals surface area contributed by atoms with Gasteiger partial charge in [-0.3, -0.25) is 4.79 Å². The highest BCUT2D eigenvalue weighted by Crippen LogP contribution is 2.22. The molecule has 2 aromatic rings. The second-order valence-corrected chi connectivity index (χ2v) is 5.54. The van der Waals surface area contributed by atoms with Crippen LogP contribution in [0.1, 0.15) is 6.42 Å². The van der Waals surface area contributed by atoms with Crippen LogP contribution in [0, 0.1) is 0 Å². The molecule has 4 nitrogen and oxygen atoms in total. The molecule has 0 aliphatic heterocycles. The largest absolute Gasteiger partial charge is 0.508 e. The van der Waals surface area contributed by atoms with Gasteiger partial charge in [0.2, 0.25) is 5.91 Å². The van der Waals surface area contributed by atoms with Crippen LogP contribution in [-0.2, 0) is 4.79 Å². The van der Waals surface area contributed by atoms with Crippen LogP contribution in [-0.4, -0.2) is 23.9 Å². The molecule has 0 aliphatic rings. The number of phenols is 1. The predicted octanol–water partition coefficient (Wildman–Crippen LogP) is 3.52. The first-order valence-electron chi connectivity index (χ1n) is 6.53. The van der Waals surface area contributed by atoms with Crippen molar-refractivity contribution < 1.29 is 14.6 Å². The number of benzene rings is 2. The van der Waals surface area contributed by atoms with Crippen molar-refractivity contribution in [3.63, 3.8) is 0 Å². The van der Waals surface area contributed by atoms with Crippen molar-refractivity contribution in [2.75, 3.05) is 18.2 Å². The van der Waals surface area contributed by atoms with E-state index in [1.54, 1.807) is 37.1 Å². The maximum Gasteiger partial charge on any atom is 0.225 e. The molecular weight excluding hydrogens is 286 g/mol. The van der Waals surface area contributed by atoms with Gasteiger partial charge in [-0.2, -0.15) is 0 Å². The van der Waals surface area contributed by atoms with Crippen LogP contribution < -0.4 is 10.1 Å². The van der Waals surface area contributed by atoms with Gasteiger partial charge in [0.15, 0.2) is 0 Å². The molecule has 2 N–H and O–H groups in total. The van der Waals surface area contributed by atoms with Crippen LogP contribution in [0.4, 0.5) is 5.69 Å². The molecule has 0 bridgehead atoms. The lowest BCUT2D eigenvalue weighted by Gasteiger charge is -2.06. The number of hydrogen-bond donors (Lipinski definition) is 2. The van der Waals surface area contributed by atoms with Crippen molar-refractivity contribution in [1.82, 2.24) is 0 Å². The number of carbonyl (C=O) groups is 1. The standard InChI is InChI=1S/C16H17NO3S/c1-20-14-5-7-15(8-6-14)21-10-9-16(19)17-12-3-2-4-13(18)11-12/h2-8,11,18H,9-10H2,1H3,(H,17,19). The second-order valence-electron chi connectivity index (χ2n) is 4.37. The van der Waals surface area contributed by atoms with Crippen molar-refractivity contribution in [1.29, 1.82) is 0 Å². The van der Waals surface area contributed by atoms with E-state index >= 15 is 0 Å². The van der Waals surface area contributed by atoms with E-state index in [1.165, 1.54) is 6.07 Å². The van der Waals surface area contributed by atoms with E-state index in [0.29, 0.717) is 17.9 Å². The molecular formula is C16H17NO3S. The summed E-state index contributed by atoms with van der Waals surface area (Å²) in [5.41, 5.74) is 0.606. The highest BCUT2D eigenvalue weighted by Gasteiger charge is 2.04. The Kier molecular flexibility index (Phi) is 5.51. The Morgan fingerprint density at radius 3 is 2.67 bits per heavy atom. The average molecular weight is 303 g/mol. The number of anilines is 1. The van der Waals surface area contributed by atoms with Crippen LogP contribution in [0.2, 0.25) is 0 Å². The maximum absolute atomic E-state index is 11.8. The third-order valence-electron chi connectivity index (χ3n) is 2.79. The molecule has 21 heavy (non-hydrogen) atoms. The Morgan fingerprint density at radius 2 is 2.00 bits per heavy atom. The summed E-state index contributed by atoms with van der Waals surface area (Å²) in [6.07, 6.45) is 0.409. The van der Waals surface area contributed by atoms with Gasteiger partial charge in [0, 0.05) is 28.8 Å². The Bertz CT molecular complexity index is 599. The summed E-state index contributed by atoms with van der Waals surface area (Å²) in [6, 6.07) is 14.3. The smallest absolute Gasteiger partial charge is 0.225 e. The van der Waals surface area contributed by atoms with E-state index in [2.05, 4.69) is 5.32 Å². The first-order valence-corrected chi connectivity index (χ1v) is 7.51. The summed E-state index contributed by atoms with van der Waals surface area (Å²) in [5.74, 6) is 1.58. The quantitative estimate of drug-likeness (QED) is 0.802. The molecule has 0 spiro atoms. The number of rotatable bonds is 6. The fourth-order valence-corrected chi connectivity index (χ4v) is 2.59. The monoisotopic (exact) mass is 303 g/mol. The molecule has 0 heterocycles. The predicted molar refractivity (Wildman–Crippen MR) is 85.1 cm³/mol. The zero-order valence-corrected chi connectivity index (χ0v) is 12.5. The first-order chi connectivity index (χ1) is 10.2. The number of hydrogen-bond acceptors (Lipinski definition) is 4. The number of nitrogens with one attached hydrogen (secondary N) is 1. The van der Waals surface area contributed by atoms with Crippen molar-refractivity contribution in [3.05, 3.63) is 48.5 Å². The van der Waals surface area contributed by atoms with Crippen molar-refractivity contribution in [2.24, 2.45) is 0 Å². The lowest BCUT2D eigenvalue weighted by molar-refractivity contribution is -0.115. The van der Waals surface area contributed by atoms with Gasteiger partial charge in [-0.25, -0.2) is 0 Å². The van der Waals surface area contributed by atoms with E-state index in [9.17, 15) is 9.90 Å². The minimum Gasteiger partial charge on any atom is -0.508 e. The molecule has 0 unspecified atom stereocenters. The van der Waals surface area contributed by atoms with Gasteiger partial charge in [-0.1, -0.05) is 6.07 Å². The van der Waals surface area contributed by atoms with E-state index < -0.39 is 0 Å². The molecule has 0 aromatic heterocycles. The molecule has 0 fully saturated rings. The summed E-state index contributed by atoms with van der Waals surface area (Å²) in [7, 11) is 1.63. The molecule has 0 atom stereocenters. The first kappa shape index (κ1) is 15.3. The van der Waals surface area contributed by atoms with Gasteiger partial charge in [0.1, 0.15) is 11.5 Å². The number of aromatic hydroxyl groups is 1. The molecule has 0 saturated heterocycles. The molecule has 2 aromatic carbocycles. The summed E-state index contributed by atoms with van der Waals surface area (Å²) in [5, 5.41) is 12.1. The van der Waals surface area contributed by atoms with E-state index in [4.69, 9.17) is 4.74 Å². The fraction of sp³-hybridized carbons (Fsp3) is 0.188. The summed E-state index contributed by atoms with van der Waals surface area (Å²) < 4.78 is 5.09. The van der Waals surface area contributed by atoms with E-state index in [-0.39, 0.29) is 11.7 Å². The van der Waals surface area contributed by atoms with Crippen molar-refractivity contribution >= 4 is 23.4 Å². The van der Waals surface area contributed by atoms with Gasteiger partial charge >= 0.3 is 0 Å². The van der Waals surface area contributed by atoms with Crippen LogP contribution in [0.3, 0.4) is 0 Å². The van der Waals surface area contributed by atoms with Gasteiger partial charge < -0.3 is 15.2 Å². The SMILES string of the molecule is COc1ccc(SCCC(=O)Nc2cccc(O)c2)cc1. The molecule has 5 heteroatoms. The number of carbonyl (C=O) groups excluding carboxylic acids is 1. The summed E-state index contributed by atoms with van der Waals surface area (Å²) in [4.78, 5) is 12.9. The number of amides is 1. The molecule has 0 radical (unpaired) electrons. The molecule has 110 valence electrons. The Labute approximate surface area is 128 Å². The van der Waals surface area contributed by atoms with Gasteiger partial charge in [0.05, 0.1) is 7.11 Å². The van der Waals surface area contributed by atoms with Crippen molar-refractivity contribution in [2.45, 2.75) is 11.3 Å². The number of methoxy groups -OCH3 is 1. The third-order valence-corrected chi connectivity index (χ3v) is 3.80. The van der Waals surface area contributed by atoms with Gasteiger partial charge in [-0.15, -0.1) is 11.8 Å². The fourth-order valence-electron chi connectivity index (χ4n) is 1.74. The molecule has 1 amide bonds. The minimum absolute atomic E-state index is 0.0680. The zero-order chi connectivity index (χ0) is 15.1. The highest BCUT2D eigenvalue weighted by atomic mass is 32.2. The van der Waals surface area contributed by atoms with E-state index in [0.717, 1.165) is 10.6 Å². The number of phenolic OH excluding ortho intramolecular Hbond substituents is 1. The third kappa shape index (κ3) is 5.04. The zero-order valence-electron chi connectivity index (χ0n) is 11.7. The topological polar surface area (TPSA) is 58.6 Å². The second kappa shape index (κ2) is 7.59. The minimum atomic E-state index is -0.0680. The lowest BCUT2D eigenvalue weighted by atomic mass is 10.3. The lowest BCUT2D eigenvalue weighted by Crippen LogP contribution is -2.11. The van der Waals surface area contributed by atoms with Crippen LogP contribution in [0.15, 0.2) is 53.4 Å². The van der Waals surface area contributed by atoms with Crippen molar-refractivity contribution in [3.8, 4) is 11.5 Å². The number of ether oxygens (including phenoxy) is 1. The number of thioether (sulfide) groups is 1. The highest BCUT2D eigenvalue weighted by molar-refractivity contribution is 7.99. The Morgan fingerprint density at radius 1 is 1.24 bits per heavy atom. The maximum atomic E-state index is 11.8. The normalized spacial score (nSPS) is 10.1. The molecule has 0 aliphatic carbocycles. The molecule has 2 rings (SSSR count). The Hall–Kier alpha value is -2.14. The van der Waals surface area contributed by atoms with Crippen LogP contribution in [0.25, 0.3) is 0 Å². The summed E-state index contributed by atoms with van der Waals surface area (Å²) in [6.45, 7) is 0. The van der Waals surface area contributed by atoms with Crippen LogP contribution >= 0.6 is 11.8 Å².